The highest BCUT2D eigenvalue weighted by Crippen LogP contribution is 2.35. The summed E-state index contributed by atoms with van der Waals surface area (Å²) < 4.78 is 34.7. The second-order valence-corrected chi connectivity index (χ2v) is 13.1. The third kappa shape index (κ3) is 8.79. The molecule has 3 rings (SSSR count). The van der Waals surface area contributed by atoms with Gasteiger partial charge in [0.15, 0.2) is 0 Å². The molecule has 232 valence electrons. The van der Waals surface area contributed by atoms with Crippen LogP contribution in [0.15, 0.2) is 65.6 Å². The van der Waals surface area contributed by atoms with Crippen LogP contribution in [-0.2, 0) is 26.2 Å². The molecule has 0 aliphatic carbocycles. The number of hydrogen-bond donors (Lipinski definition) is 1. The highest BCUT2D eigenvalue weighted by atomic mass is 35.5. The Morgan fingerprint density at radius 3 is 2.21 bits per heavy atom. The lowest BCUT2D eigenvalue weighted by Gasteiger charge is -2.33. The molecule has 0 aliphatic rings. The number of nitrogens with zero attached hydrogens (tertiary/aromatic N) is 2. The van der Waals surface area contributed by atoms with Crippen LogP contribution >= 0.6 is 34.8 Å². The smallest absolute Gasteiger partial charge is 0.264 e. The Labute approximate surface area is 268 Å². The van der Waals surface area contributed by atoms with Gasteiger partial charge in [0.05, 0.1) is 17.7 Å². The van der Waals surface area contributed by atoms with Gasteiger partial charge in [-0.15, -0.1) is 0 Å². The second-order valence-electron chi connectivity index (χ2n) is 9.97. The van der Waals surface area contributed by atoms with Gasteiger partial charge in [-0.2, -0.15) is 0 Å². The van der Waals surface area contributed by atoms with E-state index < -0.39 is 28.5 Å². The predicted molar refractivity (Wildman–Crippen MR) is 173 cm³/mol. The zero-order valence-electron chi connectivity index (χ0n) is 24.6. The maximum absolute atomic E-state index is 14.3. The van der Waals surface area contributed by atoms with E-state index in [-0.39, 0.29) is 40.2 Å². The summed E-state index contributed by atoms with van der Waals surface area (Å²) >= 11 is 18.9. The summed E-state index contributed by atoms with van der Waals surface area (Å²) in [5.74, 6) is -0.770. The standard InChI is InChI=1S/C31H36Cl3N3O5S/c1-5-7-16-35-31(39)27(6-2)36(19-22-10-11-23(32)17-26(22)34)30(38)20-37(28-18-24(33)12-15-29(28)42-4)43(40,41)25-13-8-21(3)9-14-25/h8-15,17-18,27H,5-7,16,19-20H2,1-4H3,(H,35,39). The van der Waals surface area contributed by atoms with Crippen LogP contribution in [0.1, 0.15) is 44.2 Å². The van der Waals surface area contributed by atoms with E-state index in [9.17, 15) is 18.0 Å². The number of carbonyl (C=O) groups excluding carboxylic acids is 2. The van der Waals surface area contributed by atoms with Gasteiger partial charge < -0.3 is 15.0 Å². The molecule has 1 N–H and O–H groups in total. The molecular weight excluding hydrogens is 633 g/mol. The van der Waals surface area contributed by atoms with E-state index >= 15 is 0 Å². The Bertz CT molecular complexity index is 1530. The topological polar surface area (TPSA) is 96.0 Å². The molecule has 0 spiro atoms. The quantitative estimate of drug-likeness (QED) is 0.189. The number of nitrogens with one attached hydrogen (secondary N) is 1. The molecule has 0 saturated carbocycles. The summed E-state index contributed by atoms with van der Waals surface area (Å²) in [6.07, 6.45) is 1.93. The summed E-state index contributed by atoms with van der Waals surface area (Å²) in [6, 6.07) is 14.8. The molecule has 12 heteroatoms. The number of unbranched alkanes of at least 4 members (excludes halogenated alkanes) is 1. The molecule has 43 heavy (non-hydrogen) atoms. The number of halogens is 3. The van der Waals surface area contributed by atoms with Crippen molar-refractivity contribution in [3.05, 3.63) is 86.9 Å². The highest BCUT2D eigenvalue weighted by Gasteiger charge is 2.35. The maximum Gasteiger partial charge on any atom is 0.264 e. The summed E-state index contributed by atoms with van der Waals surface area (Å²) in [6.45, 7) is 5.39. The average Bonchev–Trinajstić information content (AvgIpc) is 2.97. The SMILES string of the molecule is CCCCNC(=O)C(CC)N(Cc1ccc(Cl)cc1Cl)C(=O)CN(c1cc(Cl)ccc1OC)S(=O)(=O)c1ccc(C)cc1. The number of sulfonamides is 1. The van der Waals surface area contributed by atoms with Crippen molar-refractivity contribution in [2.75, 3.05) is 24.5 Å². The average molecular weight is 669 g/mol. The largest absolute Gasteiger partial charge is 0.495 e. The van der Waals surface area contributed by atoms with Gasteiger partial charge in [0.2, 0.25) is 11.8 Å². The molecule has 1 unspecified atom stereocenters. The lowest BCUT2D eigenvalue weighted by atomic mass is 10.1. The Hall–Kier alpha value is -2.98. The Kier molecular flexibility index (Phi) is 12.6. The first-order valence-electron chi connectivity index (χ1n) is 13.9. The van der Waals surface area contributed by atoms with Gasteiger partial charge >= 0.3 is 0 Å². The molecule has 0 heterocycles. The number of aryl methyl sites for hydroxylation is 1. The van der Waals surface area contributed by atoms with Crippen molar-refractivity contribution in [2.45, 2.75) is 57.5 Å². The first kappa shape index (κ1) is 34.5. The predicted octanol–water partition coefficient (Wildman–Crippen LogP) is 6.88. The van der Waals surface area contributed by atoms with Gasteiger partial charge in [-0.25, -0.2) is 8.42 Å². The minimum atomic E-state index is -4.30. The highest BCUT2D eigenvalue weighted by molar-refractivity contribution is 7.92. The summed E-state index contributed by atoms with van der Waals surface area (Å²) in [4.78, 5) is 28.9. The maximum atomic E-state index is 14.3. The summed E-state index contributed by atoms with van der Waals surface area (Å²) in [7, 11) is -2.91. The fourth-order valence-electron chi connectivity index (χ4n) is 4.47. The number of ether oxygens (including phenoxy) is 1. The number of hydrogen-bond acceptors (Lipinski definition) is 5. The van der Waals surface area contributed by atoms with Crippen LogP contribution in [0, 0.1) is 6.92 Å². The van der Waals surface area contributed by atoms with E-state index in [0.29, 0.717) is 22.2 Å². The molecule has 3 aromatic carbocycles. The third-order valence-corrected chi connectivity index (χ3v) is 9.46. The fourth-order valence-corrected chi connectivity index (χ4v) is 6.52. The van der Waals surface area contributed by atoms with E-state index in [1.165, 1.54) is 36.3 Å². The van der Waals surface area contributed by atoms with Crippen molar-refractivity contribution in [2.24, 2.45) is 0 Å². The first-order chi connectivity index (χ1) is 20.4. The number of methoxy groups -OCH3 is 1. The normalized spacial score (nSPS) is 12.0. The zero-order chi connectivity index (χ0) is 31.7. The number of benzene rings is 3. The van der Waals surface area contributed by atoms with E-state index in [0.717, 1.165) is 22.7 Å². The minimum Gasteiger partial charge on any atom is -0.495 e. The van der Waals surface area contributed by atoms with Crippen LogP contribution in [0.2, 0.25) is 15.1 Å². The number of amides is 2. The monoisotopic (exact) mass is 667 g/mol. The van der Waals surface area contributed by atoms with E-state index in [1.54, 1.807) is 43.3 Å². The van der Waals surface area contributed by atoms with Crippen molar-refractivity contribution in [3.8, 4) is 5.75 Å². The van der Waals surface area contributed by atoms with Crippen LogP contribution in [0.5, 0.6) is 5.75 Å². The van der Waals surface area contributed by atoms with E-state index in [2.05, 4.69) is 5.32 Å². The summed E-state index contributed by atoms with van der Waals surface area (Å²) in [5.41, 5.74) is 1.49. The van der Waals surface area contributed by atoms with Crippen LogP contribution in [0.25, 0.3) is 0 Å². The molecule has 0 saturated heterocycles. The number of carbonyl (C=O) groups is 2. The molecule has 1 atom stereocenters. The molecule has 0 aliphatic heterocycles. The Morgan fingerprint density at radius 2 is 1.60 bits per heavy atom. The molecule has 0 radical (unpaired) electrons. The van der Waals surface area contributed by atoms with Crippen LogP contribution in [-0.4, -0.2) is 51.4 Å². The number of anilines is 1. The fraction of sp³-hybridized carbons (Fsp3) is 0.355. The molecule has 0 aromatic heterocycles. The third-order valence-electron chi connectivity index (χ3n) is 6.87. The lowest BCUT2D eigenvalue weighted by Crippen LogP contribution is -2.52. The zero-order valence-corrected chi connectivity index (χ0v) is 27.7. The van der Waals surface area contributed by atoms with Crippen LogP contribution in [0.4, 0.5) is 5.69 Å². The Balaban J connectivity index is 2.13. The molecule has 0 bridgehead atoms. The van der Waals surface area contributed by atoms with Gasteiger partial charge in [-0.1, -0.05) is 78.8 Å². The van der Waals surface area contributed by atoms with Gasteiger partial charge in [0, 0.05) is 28.2 Å². The molecule has 0 fully saturated rings. The minimum absolute atomic E-state index is 0.0235. The molecule has 2 amide bonds. The van der Waals surface area contributed by atoms with Gasteiger partial charge in [0.25, 0.3) is 10.0 Å². The lowest BCUT2D eigenvalue weighted by molar-refractivity contribution is -0.140. The van der Waals surface area contributed by atoms with Crippen LogP contribution < -0.4 is 14.4 Å². The molecule has 3 aromatic rings. The Morgan fingerprint density at radius 1 is 0.953 bits per heavy atom. The van der Waals surface area contributed by atoms with Crippen molar-refractivity contribution >= 4 is 62.3 Å². The second kappa shape index (κ2) is 15.7. The van der Waals surface area contributed by atoms with Crippen molar-refractivity contribution < 1.29 is 22.7 Å². The van der Waals surface area contributed by atoms with Gasteiger partial charge in [-0.05, 0) is 67.8 Å². The van der Waals surface area contributed by atoms with Crippen LogP contribution in [0.3, 0.4) is 0 Å². The first-order valence-corrected chi connectivity index (χ1v) is 16.4. The summed E-state index contributed by atoms with van der Waals surface area (Å²) in [5, 5.41) is 3.87. The number of rotatable bonds is 14. The van der Waals surface area contributed by atoms with Crippen molar-refractivity contribution in [1.29, 1.82) is 0 Å². The van der Waals surface area contributed by atoms with Crippen molar-refractivity contribution in [1.82, 2.24) is 10.2 Å². The van der Waals surface area contributed by atoms with Crippen molar-refractivity contribution in [3.63, 3.8) is 0 Å². The van der Waals surface area contributed by atoms with E-state index in [1.807, 2.05) is 13.8 Å². The van der Waals surface area contributed by atoms with E-state index in [4.69, 9.17) is 39.5 Å². The molecular formula is C31H36Cl3N3O5S. The molecule has 8 nitrogen and oxygen atoms in total. The van der Waals surface area contributed by atoms with Gasteiger partial charge in [-0.3, -0.25) is 13.9 Å². The van der Waals surface area contributed by atoms with Gasteiger partial charge in [0.1, 0.15) is 18.3 Å².